The maximum Gasteiger partial charge on any atom is 0.159 e. The molecule has 12 heavy (non-hydrogen) atoms. The lowest BCUT2D eigenvalue weighted by atomic mass is 10.2. The van der Waals surface area contributed by atoms with Gasteiger partial charge in [-0.1, -0.05) is 0 Å². The Balaban J connectivity index is 0.00000121. The molecule has 0 saturated carbocycles. The summed E-state index contributed by atoms with van der Waals surface area (Å²) in [5.41, 5.74) is 5.71. The Morgan fingerprint density at radius 2 is 2.42 bits per heavy atom. The zero-order chi connectivity index (χ0) is 8.27. The predicted octanol–water partition coefficient (Wildman–Crippen LogP) is 1.71. The van der Waals surface area contributed by atoms with Crippen LogP contribution in [-0.4, -0.2) is 16.7 Å². The molecule has 0 fully saturated rings. The number of hydrogen-bond acceptors (Lipinski definition) is 4. The number of thiazole rings is 1. The van der Waals surface area contributed by atoms with Crippen LogP contribution in [0.2, 0.25) is 0 Å². The molecule has 0 aliphatic carbocycles. The number of nitrogens with zero attached hydrogens (tertiary/aromatic N) is 1. The molecule has 0 spiro atoms. The lowest BCUT2D eigenvalue weighted by Gasteiger charge is -2.04. The monoisotopic (exact) mass is 272 g/mol. The molecular formula is C6H10BrClN2OS. The minimum absolute atomic E-state index is 0. The van der Waals surface area contributed by atoms with E-state index in [9.17, 15) is 0 Å². The van der Waals surface area contributed by atoms with Crippen molar-refractivity contribution >= 4 is 39.7 Å². The second-order valence-corrected chi connectivity index (χ2v) is 4.47. The zero-order valence-corrected chi connectivity index (χ0v) is 9.45. The van der Waals surface area contributed by atoms with Crippen molar-refractivity contribution in [2.45, 2.75) is 12.5 Å². The van der Waals surface area contributed by atoms with Gasteiger partial charge in [-0.15, -0.1) is 23.7 Å². The highest BCUT2D eigenvalue weighted by Crippen LogP contribution is 2.24. The van der Waals surface area contributed by atoms with Gasteiger partial charge in [-0.25, -0.2) is 4.98 Å². The smallest absolute Gasteiger partial charge is 0.159 e. The fourth-order valence-corrected chi connectivity index (χ4v) is 2.05. The molecule has 0 amide bonds. The van der Waals surface area contributed by atoms with Crippen molar-refractivity contribution in [2.75, 3.05) is 6.61 Å². The van der Waals surface area contributed by atoms with Crippen molar-refractivity contribution in [1.29, 1.82) is 0 Å². The number of aromatic nitrogens is 1. The standard InChI is InChI=1S/C6H9BrN2OS.ClH/c7-6-9-3-5(11-6)4(8)1-2-10;/h3-4,10H,1-2,8H2;1H. The number of halogens is 2. The van der Waals surface area contributed by atoms with Crippen LogP contribution >= 0.6 is 39.7 Å². The normalized spacial score (nSPS) is 12.2. The van der Waals surface area contributed by atoms with Crippen LogP contribution in [0.1, 0.15) is 17.3 Å². The molecule has 0 aliphatic rings. The largest absolute Gasteiger partial charge is 0.396 e. The quantitative estimate of drug-likeness (QED) is 0.881. The Bertz CT molecular complexity index is 233. The SMILES string of the molecule is Cl.NC(CCO)c1cnc(Br)s1. The van der Waals surface area contributed by atoms with Crippen LogP contribution < -0.4 is 5.73 Å². The fourth-order valence-electron chi connectivity index (χ4n) is 0.717. The van der Waals surface area contributed by atoms with Crippen molar-refractivity contribution in [3.05, 3.63) is 15.0 Å². The fraction of sp³-hybridized carbons (Fsp3) is 0.500. The van der Waals surface area contributed by atoms with Crippen molar-refractivity contribution in [3.63, 3.8) is 0 Å². The van der Waals surface area contributed by atoms with Crippen molar-refractivity contribution in [2.24, 2.45) is 5.73 Å². The summed E-state index contributed by atoms with van der Waals surface area (Å²) < 4.78 is 0.834. The van der Waals surface area contributed by atoms with Crippen molar-refractivity contribution < 1.29 is 5.11 Å². The molecule has 1 unspecified atom stereocenters. The molecule has 1 rings (SSSR count). The third-order valence-electron chi connectivity index (χ3n) is 1.30. The first-order valence-corrected chi connectivity index (χ1v) is 4.82. The van der Waals surface area contributed by atoms with E-state index in [0.29, 0.717) is 6.42 Å². The third-order valence-corrected chi connectivity index (χ3v) is 2.91. The number of aliphatic hydroxyl groups is 1. The molecule has 0 aromatic carbocycles. The number of rotatable bonds is 3. The molecule has 0 saturated heterocycles. The highest BCUT2D eigenvalue weighted by atomic mass is 79.9. The molecule has 1 atom stereocenters. The van der Waals surface area contributed by atoms with E-state index in [1.165, 1.54) is 11.3 Å². The van der Waals surface area contributed by atoms with Gasteiger partial charge in [-0.3, -0.25) is 0 Å². The summed E-state index contributed by atoms with van der Waals surface area (Å²) in [6.45, 7) is 0.122. The van der Waals surface area contributed by atoms with Gasteiger partial charge < -0.3 is 10.8 Å². The van der Waals surface area contributed by atoms with Crippen molar-refractivity contribution in [1.82, 2.24) is 4.98 Å². The minimum atomic E-state index is -0.0798. The van der Waals surface area contributed by atoms with E-state index in [0.717, 1.165) is 8.79 Å². The highest BCUT2D eigenvalue weighted by molar-refractivity contribution is 9.11. The summed E-state index contributed by atoms with van der Waals surface area (Å²) in [4.78, 5) is 5.00. The molecule has 3 nitrogen and oxygen atoms in total. The van der Waals surface area contributed by atoms with Gasteiger partial charge in [0.05, 0.1) is 0 Å². The van der Waals surface area contributed by atoms with Crippen LogP contribution in [0, 0.1) is 0 Å². The minimum Gasteiger partial charge on any atom is -0.396 e. The van der Waals surface area contributed by atoms with Gasteiger partial charge in [0.15, 0.2) is 3.92 Å². The van der Waals surface area contributed by atoms with Crippen LogP contribution in [-0.2, 0) is 0 Å². The lowest BCUT2D eigenvalue weighted by Crippen LogP contribution is -2.09. The first-order chi connectivity index (χ1) is 5.24. The summed E-state index contributed by atoms with van der Waals surface area (Å²) in [5, 5.41) is 8.60. The first-order valence-electron chi connectivity index (χ1n) is 3.21. The maximum absolute atomic E-state index is 8.60. The predicted molar refractivity (Wildman–Crippen MR) is 55.7 cm³/mol. The third kappa shape index (κ3) is 3.37. The van der Waals surface area contributed by atoms with E-state index in [2.05, 4.69) is 20.9 Å². The molecule has 1 heterocycles. The highest BCUT2D eigenvalue weighted by Gasteiger charge is 2.07. The number of aliphatic hydroxyl groups excluding tert-OH is 1. The Labute approximate surface area is 89.5 Å². The summed E-state index contributed by atoms with van der Waals surface area (Å²) in [6.07, 6.45) is 2.32. The average Bonchev–Trinajstić information content (AvgIpc) is 2.36. The van der Waals surface area contributed by atoms with Gasteiger partial charge in [0.2, 0.25) is 0 Å². The van der Waals surface area contributed by atoms with Crippen molar-refractivity contribution in [3.8, 4) is 0 Å². The molecule has 1 aromatic heterocycles. The maximum atomic E-state index is 8.60. The van der Waals surface area contributed by atoms with Crippen LogP contribution in [0.3, 0.4) is 0 Å². The molecule has 0 bridgehead atoms. The molecule has 0 aliphatic heterocycles. The Hall–Kier alpha value is 0.320. The van der Waals surface area contributed by atoms with Gasteiger partial charge in [0.25, 0.3) is 0 Å². The molecule has 0 radical (unpaired) electrons. The summed E-state index contributed by atoms with van der Waals surface area (Å²) in [7, 11) is 0. The second-order valence-electron chi connectivity index (χ2n) is 2.13. The Morgan fingerprint density at radius 1 is 1.75 bits per heavy atom. The summed E-state index contributed by atoms with van der Waals surface area (Å²) >= 11 is 4.75. The van der Waals surface area contributed by atoms with E-state index >= 15 is 0 Å². The second kappa shape index (κ2) is 5.88. The molecule has 70 valence electrons. The van der Waals surface area contributed by atoms with E-state index in [-0.39, 0.29) is 25.1 Å². The van der Waals surface area contributed by atoms with E-state index < -0.39 is 0 Å². The van der Waals surface area contributed by atoms with Gasteiger partial charge in [0.1, 0.15) is 0 Å². The Morgan fingerprint density at radius 3 is 2.83 bits per heavy atom. The van der Waals surface area contributed by atoms with Gasteiger partial charge >= 0.3 is 0 Å². The molecular weight excluding hydrogens is 264 g/mol. The van der Waals surface area contributed by atoms with Crippen LogP contribution in [0.15, 0.2) is 10.1 Å². The molecule has 6 heteroatoms. The van der Waals surface area contributed by atoms with Gasteiger partial charge in [0, 0.05) is 23.7 Å². The molecule has 3 N–H and O–H groups in total. The van der Waals surface area contributed by atoms with Crippen LogP contribution in [0.4, 0.5) is 0 Å². The molecule has 1 aromatic rings. The van der Waals surface area contributed by atoms with E-state index in [1.807, 2.05) is 0 Å². The van der Waals surface area contributed by atoms with E-state index in [4.69, 9.17) is 10.8 Å². The lowest BCUT2D eigenvalue weighted by molar-refractivity contribution is 0.277. The van der Waals surface area contributed by atoms with Gasteiger partial charge in [-0.05, 0) is 22.4 Å². The van der Waals surface area contributed by atoms with Crippen LogP contribution in [0.25, 0.3) is 0 Å². The Kier molecular flexibility index (Phi) is 6.04. The van der Waals surface area contributed by atoms with E-state index in [1.54, 1.807) is 6.20 Å². The topological polar surface area (TPSA) is 59.1 Å². The van der Waals surface area contributed by atoms with Crippen LogP contribution in [0.5, 0.6) is 0 Å². The summed E-state index contributed by atoms with van der Waals surface area (Å²) in [5.74, 6) is 0. The van der Waals surface area contributed by atoms with Gasteiger partial charge in [-0.2, -0.15) is 0 Å². The number of hydrogen-bond donors (Lipinski definition) is 2. The number of nitrogens with two attached hydrogens (primary N) is 1. The summed E-state index contributed by atoms with van der Waals surface area (Å²) in [6, 6.07) is -0.0798. The average molecular weight is 274 g/mol. The first kappa shape index (κ1) is 12.3. The zero-order valence-electron chi connectivity index (χ0n) is 6.24.